The minimum atomic E-state index is -4.01. The van der Waals surface area contributed by atoms with E-state index in [1.165, 1.54) is 16.4 Å². The predicted octanol–water partition coefficient (Wildman–Crippen LogP) is 2.89. The van der Waals surface area contributed by atoms with Gasteiger partial charge in [0, 0.05) is 31.2 Å². The summed E-state index contributed by atoms with van der Waals surface area (Å²) in [5.41, 5.74) is 0.470. The van der Waals surface area contributed by atoms with E-state index in [2.05, 4.69) is 20.8 Å². The van der Waals surface area contributed by atoms with Crippen LogP contribution in [0.25, 0.3) is 0 Å². The van der Waals surface area contributed by atoms with Gasteiger partial charge in [0.2, 0.25) is 10.0 Å². The summed E-state index contributed by atoms with van der Waals surface area (Å²) in [7, 11) is -4.01. The van der Waals surface area contributed by atoms with Crippen LogP contribution >= 0.6 is 0 Å². The van der Waals surface area contributed by atoms with E-state index in [9.17, 15) is 17.6 Å². The molecule has 2 heterocycles. The summed E-state index contributed by atoms with van der Waals surface area (Å²) in [4.78, 5) is 14.7. The number of amides is 1. The molecule has 1 saturated carbocycles. The van der Waals surface area contributed by atoms with Crippen LogP contribution in [0.1, 0.15) is 50.4 Å². The van der Waals surface area contributed by atoms with E-state index in [1.54, 1.807) is 0 Å². The van der Waals surface area contributed by atoms with Gasteiger partial charge in [0.05, 0.1) is 13.2 Å². The van der Waals surface area contributed by atoms with E-state index in [1.807, 2.05) is 4.90 Å². The molecule has 0 unspecified atom stereocenters. The number of halogens is 1. The van der Waals surface area contributed by atoms with Gasteiger partial charge in [0.25, 0.3) is 5.91 Å². The van der Waals surface area contributed by atoms with Gasteiger partial charge in [-0.3, -0.25) is 4.79 Å². The summed E-state index contributed by atoms with van der Waals surface area (Å²) < 4.78 is 46.7. The number of carbonyl (C=O) groups is 1. The average Bonchev–Trinajstić information content (AvgIpc) is 2.90. The molecule has 8 heteroatoms. The zero-order valence-corrected chi connectivity index (χ0v) is 18.1. The molecule has 6 nitrogen and oxygen atoms in total. The van der Waals surface area contributed by atoms with Crippen molar-refractivity contribution < 1.29 is 22.3 Å². The van der Waals surface area contributed by atoms with E-state index in [-0.39, 0.29) is 54.6 Å². The van der Waals surface area contributed by atoms with Gasteiger partial charge in [-0.05, 0) is 48.3 Å². The van der Waals surface area contributed by atoms with E-state index in [0.717, 1.165) is 25.3 Å². The molecular weight excluding hydrogens is 395 g/mol. The zero-order chi connectivity index (χ0) is 21.0. The summed E-state index contributed by atoms with van der Waals surface area (Å²) in [6.45, 7) is 8.26. The molecular formula is C21H29FN2O4S. The molecule has 0 spiro atoms. The van der Waals surface area contributed by atoms with E-state index in [4.69, 9.17) is 4.74 Å². The van der Waals surface area contributed by atoms with Crippen LogP contribution in [0.4, 0.5) is 4.39 Å². The van der Waals surface area contributed by atoms with Crippen molar-refractivity contribution in [1.29, 1.82) is 0 Å². The van der Waals surface area contributed by atoms with Gasteiger partial charge in [-0.1, -0.05) is 20.8 Å². The van der Waals surface area contributed by atoms with Crippen LogP contribution in [0.15, 0.2) is 23.1 Å². The number of hydrogen-bond donors (Lipinski definition) is 0. The molecule has 2 atom stereocenters. The zero-order valence-electron chi connectivity index (χ0n) is 17.3. The lowest BCUT2D eigenvalue weighted by atomic mass is 9.65. The molecule has 3 fully saturated rings. The van der Waals surface area contributed by atoms with Crippen LogP contribution in [0.5, 0.6) is 0 Å². The van der Waals surface area contributed by atoms with E-state index in [0.29, 0.717) is 6.54 Å². The van der Waals surface area contributed by atoms with Crippen molar-refractivity contribution in [2.75, 3.05) is 32.8 Å². The van der Waals surface area contributed by atoms with Crippen molar-refractivity contribution in [3.63, 3.8) is 0 Å². The maximum absolute atomic E-state index is 14.5. The number of carbonyl (C=O) groups excluding carboxylic acids is 1. The SMILES string of the molecule is CC1(C)C[C@@H]2C[C@@](C)(CN2C(=O)c2ccc(F)c(S(=O)(=O)N3CCOCC3)c2)C1. The van der Waals surface area contributed by atoms with Crippen LogP contribution < -0.4 is 0 Å². The molecule has 0 radical (unpaired) electrons. The molecule has 160 valence electrons. The number of fused-ring (bicyclic) bond motifs is 2. The van der Waals surface area contributed by atoms with Gasteiger partial charge in [0.15, 0.2) is 0 Å². The van der Waals surface area contributed by atoms with E-state index < -0.39 is 20.7 Å². The third-order valence-electron chi connectivity index (χ3n) is 6.44. The highest BCUT2D eigenvalue weighted by molar-refractivity contribution is 7.89. The first-order valence-corrected chi connectivity index (χ1v) is 11.6. The summed E-state index contributed by atoms with van der Waals surface area (Å²) >= 11 is 0. The van der Waals surface area contributed by atoms with Gasteiger partial charge >= 0.3 is 0 Å². The number of nitrogens with zero attached hydrogens (tertiary/aromatic N) is 2. The lowest BCUT2D eigenvalue weighted by Crippen LogP contribution is -2.41. The lowest BCUT2D eigenvalue weighted by Gasteiger charge is -2.39. The monoisotopic (exact) mass is 424 g/mol. The summed E-state index contributed by atoms with van der Waals surface area (Å²) in [5.74, 6) is -1.05. The topological polar surface area (TPSA) is 66.9 Å². The van der Waals surface area contributed by atoms with Crippen LogP contribution in [0.3, 0.4) is 0 Å². The van der Waals surface area contributed by atoms with Crippen molar-refractivity contribution in [2.24, 2.45) is 10.8 Å². The van der Waals surface area contributed by atoms with Crippen LogP contribution in [-0.2, 0) is 14.8 Å². The maximum atomic E-state index is 14.5. The quantitative estimate of drug-likeness (QED) is 0.748. The molecule has 1 aliphatic carbocycles. The van der Waals surface area contributed by atoms with Crippen LogP contribution in [0, 0.1) is 16.6 Å². The minimum Gasteiger partial charge on any atom is -0.379 e. The van der Waals surface area contributed by atoms with Crippen molar-refractivity contribution in [1.82, 2.24) is 9.21 Å². The molecule has 3 aliphatic rings. The first kappa shape index (κ1) is 20.8. The Bertz CT molecular complexity index is 927. The Balaban J connectivity index is 1.63. The number of ether oxygens (including phenoxy) is 1. The molecule has 0 N–H and O–H groups in total. The summed E-state index contributed by atoms with van der Waals surface area (Å²) in [6, 6.07) is 3.83. The smallest absolute Gasteiger partial charge is 0.254 e. The number of morpholine rings is 1. The summed E-state index contributed by atoms with van der Waals surface area (Å²) in [6.07, 6.45) is 2.94. The van der Waals surface area contributed by atoms with Crippen molar-refractivity contribution in [3.8, 4) is 0 Å². The van der Waals surface area contributed by atoms with Gasteiger partial charge in [-0.2, -0.15) is 4.31 Å². The predicted molar refractivity (Wildman–Crippen MR) is 107 cm³/mol. The van der Waals surface area contributed by atoms with Crippen LogP contribution in [0.2, 0.25) is 0 Å². The Kier molecular flexibility index (Phi) is 5.03. The first-order valence-electron chi connectivity index (χ1n) is 10.2. The van der Waals surface area contributed by atoms with Gasteiger partial charge in [-0.25, -0.2) is 12.8 Å². The van der Waals surface area contributed by atoms with Crippen molar-refractivity contribution in [3.05, 3.63) is 29.6 Å². The van der Waals surface area contributed by atoms with Crippen molar-refractivity contribution in [2.45, 2.75) is 51.0 Å². The third kappa shape index (κ3) is 3.82. The number of sulfonamides is 1. The van der Waals surface area contributed by atoms with Crippen molar-refractivity contribution >= 4 is 15.9 Å². The second-order valence-electron chi connectivity index (χ2n) is 9.81. The number of likely N-dealkylation sites (tertiary alicyclic amines) is 1. The highest BCUT2D eigenvalue weighted by Crippen LogP contribution is 2.52. The van der Waals surface area contributed by atoms with E-state index >= 15 is 0 Å². The first-order chi connectivity index (χ1) is 13.5. The molecule has 1 amide bonds. The normalized spacial score (nSPS) is 29.8. The third-order valence-corrected chi connectivity index (χ3v) is 8.36. The highest BCUT2D eigenvalue weighted by atomic mass is 32.2. The Morgan fingerprint density at radius 3 is 2.55 bits per heavy atom. The fourth-order valence-electron chi connectivity index (χ4n) is 5.62. The molecule has 2 aliphatic heterocycles. The number of hydrogen-bond acceptors (Lipinski definition) is 4. The van der Waals surface area contributed by atoms with Gasteiger partial charge in [-0.15, -0.1) is 0 Å². The molecule has 29 heavy (non-hydrogen) atoms. The standard InChI is InChI=1S/C21H29FN2O4S/c1-20(2)11-16-12-21(3,13-20)14-24(16)19(25)15-4-5-17(22)18(10-15)29(26,27)23-6-8-28-9-7-23/h4-5,10,16H,6-9,11-14H2,1-3H3/t16-,21-/m1/s1. The molecule has 1 aromatic rings. The molecule has 0 aromatic heterocycles. The van der Waals surface area contributed by atoms with Gasteiger partial charge < -0.3 is 9.64 Å². The molecule has 2 bridgehead atoms. The Labute approximate surface area is 172 Å². The Hall–Kier alpha value is -1.51. The average molecular weight is 425 g/mol. The number of rotatable bonds is 3. The summed E-state index contributed by atoms with van der Waals surface area (Å²) in [5, 5.41) is 0. The fourth-order valence-corrected chi connectivity index (χ4v) is 7.12. The molecule has 2 saturated heterocycles. The second-order valence-corrected chi connectivity index (χ2v) is 11.7. The minimum absolute atomic E-state index is 0.0742. The number of benzene rings is 1. The maximum Gasteiger partial charge on any atom is 0.254 e. The largest absolute Gasteiger partial charge is 0.379 e. The lowest BCUT2D eigenvalue weighted by molar-refractivity contribution is 0.0706. The highest BCUT2D eigenvalue weighted by Gasteiger charge is 2.51. The molecule has 1 aromatic carbocycles. The fraction of sp³-hybridized carbons (Fsp3) is 0.667. The Morgan fingerprint density at radius 2 is 1.86 bits per heavy atom. The molecule has 4 rings (SSSR count). The Morgan fingerprint density at radius 1 is 1.17 bits per heavy atom. The van der Waals surface area contributed by atoms with Gasteiger partial charge in [0.1, 0.15) is 10.7 Å². The van der Waals surface area contributed by atoms with Crippen LogP contribution in [-0.4, -0.2) is 62.4 Å². The second kappa shape index (κ2) is 7.03.